The van der Waals surface area contributed by atoms with Gasteiger partial charge < -0.3 is 20.4 Å². The Hall–Kier alpha value is -3.13. The number of amides is 1. The number of unbranched alkanes of at least 4 members (excludes halogenated alkanes) is 1. The van der Waals surface area contributed by atoms with Crippen molar-refractivity contribution in [2.75, 3.05) is 31.3 Å². The molecule has 1 aromatic carbocycles. The molecule has 4 aromatic rings. The molecule has 0 aliphatic carbocycles. The van der Waals surface area contributed by atoms with Crippen molar-refractivity contribution in [1.29, 1.82) is 0 Å². The van der Waals surface area contributed by atoms with E-state index in [0.29, 0.717) is 49.4 Å². The highest BCUT2D eigenvalue weighted by Gasteiger charge is 2.22. The lowest BCUT2D eigenvalue weighted by Crippen LogP contribution is -2.25. The molecule has 192 valence electrons. The number of nitrogens with one attached hydrogen (secondary N) is 2. The van der Waals surface area contributed by atoms with Crippen molar-refractivity contribution in [3.63, 3.8) is 0 Å². The van der Waals surface area contributed by atoms with Gasteiger partial charge in [0.05, 0.1) is 23.3 Å². The normalized spacial score (nSPS) is 12.0. The van der Waals surface area contributed by atoms with Crippen molar-refractivity contribution in [3.8, 4) is 0 Å². The molecule has 0 aliphatic heterocycles. The van der Waals surface area contributed by atoms with E-state index >= 15 is 0 Å². The van der Waals surface area contributed by atoms with Crippen LogP contribution in [0.5, 0.6) is 0 Å². The number of hydrogen-bond acceptors (Lipinski definition) is 9. The molecule has 13 heteroatoms. The number of aryl methyl sites for hydroxylation is 2. The minimum Gasteiger partial charge on any atom is -0.384 e. The van der Waals surface area contributed by atoms with Gasteiger partial charge >= 0.3 is 0 Å². The third-order valence-electron chi connectivity index (χ3n) is 5.60. The summed E-state index contributed by atoms with van der Waals surface area (Å²) in [5.41, 5.74) is 8.97. The fourth-order valence-corrected chi connectivity index (χ4v) is 6.61. The molecule has 0 saturated carbocycles. The lowest BCUT2D eigenvalue weighted by molar-refractivity contribution is -0.114. The first-order valence-corrected chi connectivity index (χ1v) is 13.8. The summed E-state index contributed by atoms with van der Waals surface area (Å²) in [6.45, 7) is 4.37. The number of fused-ring (bicyclic) bond motifs is 3. The van der Waals surface area contributed by atoms with Crippen LogP contribution in [0.25, 0.3) is 21.9 Å². The zero-order chi connectivity index (χ0) is 25.9. The number of nitrogens with zero attached hydrogens (tertiary/aromatic N) is 4. The van der Waals surface area contributed by atoms with Gasteiger partial charge in [0.1, 0.15) is 11.3 Å². The molecule has 4 rings (SSSR count). The summed E-state index contributed by atoms with van der Waals surface area (Å²) in [4.78, 5) is 24.6. The maximum Gasteiger partial charge on any atom is 0.252 e. The highest BCUT2D eigenvalue weighted by Crippen LogP contribution is 2.30. The number of pyridine rings is 1. The average Bonchev–Trinajstić information content (AvgIpc) is 3.38. The summed E-state index contributed by atoms with van der Waals surface area (Å²) >= 11 is 0.934. The number of sulfonamides is 1. The van der Waals surface area contributed by atoms with Gasteiger partial charge in [-0.3, -0.25) is 4.79 Å². The number of methoxy groups -OCH3 is 1. The average molecular weight is 532 g/mol. The van der Waals surface area contributed by atoms with Crippen molar-refractivity contribution in [2.45, 2.75) is 43.9 Å². The van der Waals surface area contributed by atoms with E-state index in [2.05, 4.69) is 24.6 Å². The monoisotopic (exact) mass is 531 g/mol. The number of aromatic nitrogens is 4. The number of hydrogen-bond donors (Lipinski definition) is 3. The predicted molar refractivity (Wildman–Crippen MR) is 141 cm³/mol. The van der Waals surface area contributed by atoms with Gasteiger partial charge in [-0.2, -0.15) is 0 Å². The van der Waals surface area contributed by atoms with Crippen LogP contribution in [0.1, 0.15) is 31.3 Å². The SMILES string of the molecule is COCCc1nc2c(N)nc3ccccc3c2n1CCCCNS(=O)(=O)c1sc(NC(C)=O)nc1C. The summed E-state index contributed by atoms with van der Waals surface area (Å²) in [7, 11) is -2.09. The smallest absolute Gasteiger partial charge is 0.252 e. The van der Waals surface area contributed by atoms with Crippen molar-refractivity contribution >= 4 is 60.2 Å². The Kier molecular flexibility index (Phi) is 7.83. The Morgan fingerprint density at radius 2 is 1.97 bits per heavy atom. The molecule has 11 nitrogen and oxygen atoms in total. The molecule has 0 radical (unpaired) electrons. The molecular formula is C23H29N7O4S2. The summed E-state index contributed by atoms with van der Waals surface area (Å²) in [6, 6.07) is 7.80. The van der Waals surface area contributed by atoms with E-state index in [9.17, 15) is 13.2 Å². The van der Waals surface area contributed by atoms with Gasteiger partial charge in [0, 0.05) is 38.9 Å². The summed E-state index contributed by atoms with van der Waals surface area (Å²) in [6.07, 6.45) is 1.94. The first kappa shape index (κ1) is 25.9. The first-order chi connectivity index (χ1) is 17.2. The molecule has 0 spiro atoms. The van der Waals surface area contributed by atoms with Crippen LogP contribution in [-0.4, -0.2) is 54.1 Å². The van der Waals surface area contributed by atoms with Crippen LogP contribution >= 0.6 is 11.3 Å². The number of nitrogens with two attached hydrogens (primary N) is 1. The largest absolute Gasteiger partial charge is 0.384 e. The van der Waals surface area contributed by atoms with Gasteiger partial charge in [0.25, 0.3) is 10.0 Å². The van der Waals surface area contributed by atoms with Crippen molar-refractivity contribution in [2.24, 2.45) is 0 Å². The molecule has 36 heavy (non-hydrogen) atoms. The minimum atomic E-state index is -3.74. The molecular weight excluding hydrogens is 502 g/mol. The van der Waals surface area contributed by atoms with Crippen molar-refractivity contribution in [3.05, 3.63) is 35.8 Å². The lowest BCUT2D eigenvalue weighted by Gasteiger charge is -2.11. The summed E-state index contributed by atoms with van der Waals surface area (Å²) in [5.74, 6) is 0.929. The highest BCUT2D eigenvalue weighted by atomic mass is 32.2. The highest BCUT2D eigenvalue weighted by molar-refractivity contribution is 7.91. The van der Waals surface area contributed by atoms with E-state index < -0.39 is 10.0 Å². The number of carbonyl (C=O) groups is 1. The fourth-order valence-electron chi connectivity index (χ4n) is 4.03. The van der Waals surface area contributed by atoms with Gasteiger partial charge in [0.2, 0.25) is 5.91 Å². The third kappa shape index (κ3) is 5.48. The Bertz CT molecular complexity index is 1510. The molecule has 4 N–H and O–H groups in total. The topological polar surface area (TPSA) is 154 Å². The van der Waals surface area contributed by atoms with Crippen LogP contribution in [0.15, 0.2) is 28.5 Å². The van der Waals surface area contributed by atoms with Crippen molar-refractivity contribution < 1.29 is 17.9 Å². The summed E-state index contributed by atoms with van der Waals surface area (Å²) in [5, 5.41) is 3.75. The van der Waals surface area contributed by atoms with Crippen LogP contribution in [0.3, 0.4) is 0 Å². The number of imidazole rings is 1. The van der Waals surface area contributed by atoms with E-state index in [-0.39, 0.29) is 21.8 Å². The minimum absolute atomic E-state index is 0.100. The fraction of sp³-hybridized carbons (Fsp3) is 0.391. The number of anilines is 2. The second kappa shape index (κ2) is 10.9. The maximum absolute atomic E-state index is 12.8. The molecule has 0 aliphatic rings. The second-order valence-electron chi connectivity index (χ2n) is 8.31. The molecule has 0 bridgehead atoms. The standard InChI is InChI=1S/C23H29N7O4S2/c1-14-22(35-23(26-14)27-15(2)31)36(32,33)25-11-6-7-12-30-18(10-13-34-3)29-19-20(30)16-8-4-5-9-17(16)28-21(19)24/h4-5,8-9,25H,6-7,10-13H2,1-3H3,(H2,24,28)(H,26,27,31). The van der Waals surface area contributed by atoms with Gasteiger partial charge in [-0.05, 0) is 25.8 Å². The van der Waals surface area contributed by atoms with Gasteiger partial charge in [-0.1, -0.05) is 29.5 Å². The Morgan fingerprint density at radius 1 is 1.19 bits per heavy atom. The Labute approximate surface area is 213 Å². The maximum atomic E-state index is 12.8. The number of thiazole rings is 1. The zero-order valence-corrected chi connectivity index (χ0v) is 22.0. The molecule has 0 atom stereocenters. The quantitative estimate of drug-likeness (QED) is 0.250. The number of rotatable bonds is 11. The first-order valence-electron chi connectivity index (χ1n) is 11.5. The Balaban J connectivity index is 1.48. The van der Waals surface area contributed by atoms with Crippen LogP contribution < -0.4 is 15.8 Å². The molecule has 0 fully saturated rings. The molecule has 3 aromatic heterocycles. The number of ether oxygens (including phenoxy) is 1. The number of carbonyl (C=O) groups excluding carboxylic acids is 1. The Morgan fingerprint density at radius 3 is 2.72 bits per heavy atom. The molecule has 1 amide bonds. The molecule has 0 saturated heterocycles. The second-order valence-corrected chi connectivity index (χ2v) is 11.3. The number of benzene rings is 1. The number of para-hydroxylation sites is 1. The van der Waals surface area contributed by atoms with Crippen LogP contribution in [0.4, 0.5) is 10.9 Å². The van der Waals surface area contributed by atoms with Crippen molar-refractivity contribution in [1.82, 2.24) is 24.2 Å². The lowest BCUT2D eigenvalue weighted by atomic mass is 10.2. The van der Waals surface area contributed by atoms with Gasteiger partial charge in [-0.15, -0.1) is 0 Å². The van der Waals surface area contributed by atoms with Gasteiger partial charge in [0.15, 0.2) is 15.2 Å². The predicted octanol–water partition coefficient (Wildman–Crippen LogP) is 2.84. The number of nitrogen functional groups attached to an aromatic ring is 1. The van der Waals surface area contributed by atoms with E-state index in [1.807, 2.05) is 24.3 Å². The van der Waals surface area contributed by atoms with Gasteiger partial charge in [-0.25, -0.2) is 28.1 Å². The molecule has 3 heterocycles. The van der Waals surface area contributed by atoms with Crippen LogP contribution in [0, 0.1) is 6.92 Å². The van der Waals surface area contributed by atoms with E-state index in [4.69, 9.17) is 15.5 Å². The summed E-state index contributed by atoms with van der Waals surface area (Å²) < 4.78 is 35.7. The van der Waals surface area contributed by atoms with Crippen LogP contribution in [-0.2, 0) is 32.5 Å². The molecule has 0 unspecified atom stereocenters. The third-order valence-corrected chi connectivity index (χ3v) is 8.74. The van der Waals surface area contributed by atoms with E-state index in [0.717, 1.165) is 33.6 Å². The zero-order valence-electron chi connectivity index (χ0n) is 20.4. The van der Waals surface area contributed by atoms with E-state index in [1.54, 1.807) is 14.0 Å². The van der Waals surface area contributed by atoms with E-state index in [1.165, 1.54) is 6.92 Å². The van der Waals surface area contributed by atoms with Crippen LogP contribution in [0.2, 0.25) is 0 Å².